The Hall–Kier alpha value is -2.16. The molecule has 1 aromatic heterocycles. The smallest absolute Gasteiger partial charge is 0.280 e. The predicted molar refractivity (Wildman–Crippen MR) is 65.2 cm³/mol. The molecule has 19 heavy (non-hydrogen) atoms. The Kier molecular flexibility index (Phi) is 5.73. The van der Waals surface area contributed by atoms with Gasteiger partial charge in [0, 0.05) is 27.3 Å². The molecule has 0 bridgehead atoms. The topological polar surface area (TPSA) is 124 Å². The molecule has 0 unspecified atom stereocenters. The quantitative estimate of drug-likeness (QED) is 0.602. The highest BCUT2D eigenvalue weighted by Gasteiger charge is 2.21. The van der Waals surface area contributed by atoms with Gasteiger partial charge in [0.2, 0.25) is 17.4 Å². The van der Waals surface area contributed by atoms with Crippen molar-refractivity contribution in [1.82, 2.24) is 20.5 Å². The Balaban J connectivity index is 2.38. The van der Waals surface area contributed by atoms with Crippen LogP contribution in [-0.2, 0) is 9.53 Å². The van der Waals surface area contributed by atoms with Gasteiger partial charge in [0.1, 0.15) is 0 Å². The van der Waals surface area contributed by atoms with E-state index >= 15 is 0 Å². The highest BCUT2D eigenvalue weighted by Crippen LogP contribution is 2.06. The van der Waals surface area contributed by atoms with E-state index in [-0.39, 0.29) is 24.0 Å². The molecule has 0 saturated carbocycles. The monoisotopic (exact) mass is 271 g/mol. The van der Waals surface area contributed by atoms with Crippen LogP contribution in [0, 0.1) is 0 Å². The normalized spacial score (nSPS) is 10.2. The molecule has 0 aliphatic carbocycles. The summed E-state index contributed by atoms with van der Waals surface area (Å²) in [4.78, 5) is 24.5. The van der Waals surface area contributed by atoms with Crippen molar-refractivity contribution in [3.8, 4) is 0 Å². The van der Waals surface area contributed by atoms with E-state index in [1.165, 1.54) is 11.9 Å². The summed E-state index contributed by atoms with van der Waals surface area (Å²) in [5.41, 5.74) is 5.29. The number of aromatic nitrogens is 2. The zero-order chi connectivity index (χ0) is 14.3. The number of carbonyl (C=O) groups is 2. The zero-order valence-corrected chi connectivity index (χ0v) is 10.9. The fraction of sp³-hybridized carbons (Fsp3) is 0.600. The van der Waals surface area contributed by atoms with Crippen LogP contribution in [0.5, 0.6) is 0 Å². The second-order valence-electron chi connectivity index (χ2n) is 3.86. The first-order valence-corrected chi connectivity index (χ1v) is 5.65. The van der Waals surface area contributed by atoms with E-state index in [0.717, 1.165) is 0 Å². The number of nitrogens with two attached hydrogens (primary N) is 1. The van der Waals surface area contributed by atoms with Crippen molar-refractivity contribution in [2.24, 2.45) is 0 Å². The average molecular weight is 271 g/mol. The van der Waals surface area contributed by atoms with Gasteiger partial charge in [-0.1, -0.05) is 0 Å². The van der Waals surface area contributed by atoms with Gasteiger partial charge in [-0.3, -0.25) is 9.59 Å². The summed E-state index contributed by atoms with van der Waals surface area (Å²) in [5.74, 6) is -0.898. The summed E-state index contributed by atoms with van der Waals surface area (Å²) in [5, 5.41) is 9.34. The molecular weight excluding hydrogens is 254 g/mol. The van der Waals surface area contributed by atoms with Gasteiger partial charge in [0.15, 0.2) is 0 Å². The van der Waals surface area contributed by atoms with Crippen molar-refractivity contribution in [3.63, 3.8) is 0 Å². The maximum Gasteiger partial charge on any atom is 0.280 e. The van der Waals surface area contributed by atoms with Gasteiger partial charge in [-0.05, 0) is 16.7 Å². The summed E-state index contributed by atoms with van der Waals surface area (Å²) in [6.07, 6.45) is 0.708. The highest BCUT2D eigenvalue weighted by molar-refractivity contribution is 5.97. The molecular formula is C10H17N5O4. The molecule has 1 rings (SSSR count). The Morgan fingerprint density at radius 2 is 2.21 bits per heavy atom. The molecule has 0 radical (unpaired) electrons. The second kappa shape index (κ2) is 7.31. The van der Waals surface area contributed by atoms with Crippen LogP contribution in [0.25, 0.3) is 0 Å². The summed E-state index contributed by atoms with van der Waals surface area (Å²) >= 11 is 0. The number of nitrogens with zero attached hydrogens (tertiary/aromatic N) is 3. The maximum atomic E-state index is 11.8. The average Bonchev–Trinajstić information content (AvgIpc) is 2.80. The molecule has 9 heteroatoms. The van der Waals surface area contributed by atoms with E-state index in [0.29, 0.717) is 19.6 Å². The van der Waals surface area contributed by atoms with Crippen LogP contribution in [-0.4, -0.2) is 60.9 Å². The first kappa shape index (κ1) is 14.9. The van der Waals surface area contributed by atoms with E-state index in [2.05, 4.69) is 20.3 Å². The van der Waals surface area contributed by atoms with E-state index in [9.17, 15) is 9.59 Å². The number of ether oxygens (including phenoxy) is 1. The minimum absolute atomic E-state index is 0.0991. The van der Waals surface area contributed by atoms with Crippen LogP contribution in [0.15, 0.2) is 4.63 Å². The number of methoxy groups -OCH3 is 1. The Labute approximate surface area is 110 Å². The highest BCUT2D eigenvalue weighted by atomic mass is 16.6. The molecule has 0 atom stereocenters. The Morgan fingerprint density at radius 3 is 2.79 bits per heavy atom. The molecule has 2 amide bonds. The van der Waals surface area contributed by atoms with Crippen LogP contribution in [0.1, 0.15) is 16.9 Å². The number of hydrogen-bond donors (Lipinski definition) is 2. The van der Waals surface area contributed by atoms with Crippen LogP contribution < -0.4 is 11.1 Å². The zero-order valence-electron chi connectivity index (χ0n) is 10.9. The molecule has 0 fully saturated rings. The molecule has 0 saturated heterocycles. The minimum atomic E-state index is -0.522. The molecule has 1 heterocycles. The number of anilines is 1. The van der Waals surface area contributed by atoms with Gasteiger partial charge >= 0.3 is 0 Å². The number of likely N-dealkylation sites (N-methyl/N-ethyl adjacent to an activating group) is 1. The third-order valence-corrected chi connectivity index (χ3v) is 2.29. The predicted octanol–water partition coefficient (Wildman–Crippen LogP) is -1.12. The lowest BCUT2D eigenvalue weighted by atomic mass is 10.3. The maximum absolute atomic E-state index is 11.8. The SMILES string of the molecule is COCCCNC(=O)CN(C)C(=O)c1nonc1N. The molecule has 0 aliphatic rings. The number of hydrogen-bond acceptors (Lipinski definition) is 7. The number of nitrogens with one attached hydrogen (secondary N) is 1. The largest absolute Gasteiger partial charge is 0.385 e. The number of carbonyl (C=O) groups excluding carboxylic acids is 2. The molecule has 0 spiro atoms. The van der Waals surface area contributed by atoms with Crippen LogP contribution in [0.3, 0.4) is 0 Å². The summed E-state index contributed by atoms with van der Waals surface area (Å²) in [7, 11) is 3.05. The van der Waals surface area contributed by atoms with Crippen molar-refractivity contribution in [1.29, 1.82) is 0 Å². The molecule has 106 valence electrons. The Morgan fingerprint density at radius 1 is 1.47 bits per heavy atom. The van der Waals surface area contributed by atoms with Crippen molar-refractivity contribution in [2.75, 3.05) is 39.6 Å². The summed E-state index contributed by atoms with van der Waals surface area (Å²) in [6, 6.07) is 0. The van der Waals surface area contributed by atoms with Crippen molar-refractivity contribution < 1.29 is 19.0 Å². The first-order valence-electron chi connectivity index (χ1n) is 5.65. The molecule has 0 aliphatic heterocycles. The van der Waals surface area contributed by atoms with Crippen LogP contribution in [0.4, 0.5) is 5.82 Å². The van der Waals surface area contributed by atoms with E-state index in [1.807, 2.05) is 0 Å². The van der Waals surface area contributed by atoms with Gasteiger partial charge in [-0.15, -0.1) is 0 Å². The lowest BCUT2D eigenvalue weighted by Crippen LogP contribution is -2.39. The van der Waals surface area contributed by atoms with Crippen LogP contribution >= 0.6 is 0 Å². The third kappa shape index (κ3) is 4.54. The standard InChI is InChI=1S/C10H17N5O4/c1-15(6-7(16)12-4-3-5-18-2)10(17)8-9(11)14-19-13-8/h3-6H2,1-2H3,(H2,11,14)(H,12,16). The molecule has 3 N–H and O–H groups in total. The number of rotatable bonds is 7. The van der Waals surface area contributed by atoms with Crippen molar-refractivity contribution in [2.45, 2.75) is 6.42 Å². The fourth-order valence-electron chi connectivity index (χ4n) is 1.31. The van der Waals surface area contributed by atoms with Gasteiger partial charge in [-0.2, -0.15) is 0 Å². The number of amides is 2. The lowest BCUT2D eigenvalue weighted by molar-refractivity contribution is -0.121. The van der Waals surface area contributed by atoms with Gasteiger partial charge < -0.3 is 20.7 Å². The molecule has 0 aromatic carbocycles. The lowest BCUT2D eigenvalue weighted by Gasteiger charge is -2.15. The minimum Gasteiger partial charge on any atom is -0.385 e. The summed E-state index contributed by atoms with van der Waals surface area (Å²) < 4.78 is 9.18. The second-order valence-corrected chi connectivity index (χ2v) is 3.86. The molecule has 9 nitrogen and oxygen atoms in total. The van der Waals surface area contributed by atoms with Gasteiger partial charge in [0.25, 0.3) is 5.91 Å². The molecule has 1 aromatic rings. The summed E-state index contributed by atoms with van der Waals surface area (Å²) in [6.45, 7) is 0.955. The van der Waals surface area contributed by atoms with Gasteiger partial charge in [-0.25, -0.2) is 4.63 Å². The van der Waals surface area contributed by atoms with E-state index < -0.39 is 5.91 Å². The number of nitrogen functional groups attached to an aromatic ring is 1. The fourth-order valence-corrected chi connectivity index (χ4v) is 1.31. The van der Waals surface area contributed by atoms with Crippen molar-refractivity contribution >= 4 is 17.6 Å². The Bertz CT molecular complexity index is 433. The van der Waals surface area contributed by atoms with E-state index in [4.69, 9.17) is 10.5 Å². The van der Waals surface area contributed by atoms with Crippen LogP contribution in [0.2, 0.25) is 0 Å². The first-order chi connectivity index (χ1) is 9.06. The van der Waals surface area contributed by atoms with E-state index in [1.54, 1.807) is 7.11 Å². The van der Waals surface area contributed by atoms with Crippen molar-refractivity contribution in [3.05, 3.63) is 5.69 Å². The third-order valence-electron chi connectivity index (χ3n) is 2.29. The van der Waals surface area contributed by atoms with Gasteiger partial charge in [0.05, 0.1) is 6.54 Å².